The van der Waals surface area contributed by atoms with E-state index in [0.717, 1.165) is 24.3 Å². The smallest absolute Gasteiger partial charge is 0.293 e. The molecule has 1 saturated heterocycles. The van der Waals surface area contributed by atoms with Crippen LogP contribution in [0, 0.1) is 10.1 Å². The zero-order chi connectivity index (χ0) is 19.2. The van der Waals surface area contributed by atoms with E-state index in [9.17, 15) is 14.9 Å². The second kappa shape index (κ2) is 8.50. The minimum atomic E-state index is -0.483. The summed E-state index contributed by atoms with van der Waals surface area (Å²) in [4.78, 5) is 24.9. The van der Waals surface area contributed by atoms with E-state index in [1.165, 1.54) is 13.1 Å². The third-order valence-corrected chi connectivity index (χ3v) is 4.50. The normalized spacial score (nSPS) is 13.9. The van der Waals surface area contributed by atoms with Crippen molar-refractivity contribution in [2.75, 3.05) is 43.6 Å². The van der Waals surface area contributed by atoms with Gasteiger partial charge in [0.05, 0.1) is 18.1 Å². The van der Waals surface area contributed by atoms with Gasteiger partial charge in [-0.1, -0.05) is 18.2 Å². The first-order valence-electron chi connectivity index (χ1n) is 8.75. The Kier molecular flexibility index (Phi) is 5.87. The molecule has 0 aromatic heterocycles. The van der Waals surface area contributed by atoms with Gasteiger partial charge in [-0.25, -0.2) is 0 Å². The predicted octanol–water partition coefficient (Wildman–Crippen LogP) is 2.40. The molecule has 1 aliphatic heterocycles. The average molecular weight is 370 g/mol. The maximum absolute atomic E-state index is 11.7. The number of amides is 1. The number of rotatable bonds is 6. The fourth-order valence-electron chi connectivity index (χ4n) is 3.08. The summed E-state index contributed by atoms with van der Waals surface area (Å²) in [6, 6.07) is 12.4. The largest absolute Gasteiger partial charge is 0.378 e. The van der Waals surface area contributed by atoms with Crippen molar-refractivity contribution in [1.82, 2.24) is 5.32 Å². The third-order valence-electron chi connectivity index (χ3n) is 4.50. The number of para-hydroxylation sites is 1. The summed E-state index contributed by atoms with van der Waals surface area (Å²) in [6.07, 6.45) is 0. The van der Waals surface area contributed by atoms with Gasteiger partial charge in [0.1, 0.15) is 5.69 Å². The van der Waals surface area contributed by atoms with E-state index in [1.807, 2.05) is 24.3 Å². The predicted molar refractivity (Wildman–Crippen MR) is 103 cm³/mol. The molecule has 8 nitrogen and oxygen atoms in total. The molecule has 0 spiro atoms. The summed E-state index contributed by atoms with van der Waals surface area (Å²) in [6.45, 7) is 3.45. The molecule has 27 heavy (non-hydrogen) atoms. The molecular formula is C19H22N4O4. The highest BCUT2D eigenvalue weighted by Crippen LogP contribution is 2.28. The molecule has 8 heteroatoms. The summed E-state index contributed by atoms with van der Waals surface area (Å²) in [5.74, 6) is -0.359. The average Bonchev–Trinajstić information content (AvgIpc) is 2.72. The van der Waals surface area contributed by atoms with Crippen LogP contribution in [0.1, 0.15) is 15.9 Å². The zero-order valence-corrected chi connectivity index (χ0v) is 15.1. The van der Waals surface area contributed by atoms with Gasteiger partial charge in [0.25, 0.3) is 11.6 Å². The summed E-state index contributed by atoms with van der Waals surface area (Å²) in [7, 11) is 1.49. The van der Waals surface area contributed by atoms with Crippen molar-refractivity contribution in [3.63, 3.8) is 0 Å². The zero-order valence-electron chi connectivity index (χ0n) is 15.1. The standard InChI is InChI=1S/C19H22N4O4/c1-20-19(24)14-6-7-16(18(12-14)23(25)26)21-13-15-4-2-3-5-17(15)22-8-10-27-11-9-22/h2-7,12,21H,8-11,13H2,1H3,(H,20,24). The van der Waals surface area contributed by atoms with Crippen molar-refractivity contribution in [1.29, 1.82) is 0 Å². The Morgan fingerprint density at radius 3 is 2.67 bits per heavy atom. The molecule has 2 aromatic rings. The number of nitro groups is 1. The maximum atomic E-state index is 11.7. The topological polar surface area (TPSA) is 96.7 Å². The molecule has 1 amide bonds. The monoisotopic (exact) mass is 370 g/mol. The molecule has 3 rings (SSSR count). The summed E-state index contributed by atoms with van der Waals surface area (Å²) >= 11 is 0. The van der Waals surface area contributed by atoms with Crippen molar-refractivity contribution in [2.24, 2.45) is 0 Å². The van der Waals surface area contributed by atoms with E-state index in [-0.39, 0.29) is 17.2 Å². The van der Waals surface area contributed by atoms with Crippen LogP contribution < -0.4 is 15.5 Å². The summed E-state index contributed by atoms with van der Waals surface area (Å²) in [5, 5.41) is 17.0. The van der Waals surface area contributed by atoms with Crippen LogP contribution in [0.5, 0.6) is 0 Å². The Balaban J connectivity index is 1.81. The molecule has 0 unspecified atom stereocenters. The lowest BCUT2D eigenvalue weighted by atomic mass is 10.1. The van der Waals surface area contributed by atoms with Gasteiger partial charge in [-0.05, 0) is 23.8 Å². The number of carbonyl (C=O) groups excluding carboxylic acids is 1. The highest BCUT2D eigenvalue weighted by atomic mass is 16.6. The van der Waals surface area contributed by atoms with Crippen molar-refractivity contribution in [3.05, 3.63) is 63.7 Å². The summed E-state index contributed by atoms with van der Waals surface area (Å²) in [5.41, 5.74) is 2.65. The van der Waals surface area contributed by atoms with Crippen LogP contribution in [0.4, 0.5) is 17.1 Å². The first kappa shape index (κ1) is 18.7. The summed E-state index contributed by atoms with van der Waals surface area (Å²) < 4.78 is 5.41. The van der Waals surface area contributed by atoms with E-state index >= 15 is 0 Å². The van der Waals surface area contributed by atoms with Crippen LogP contribution in [-0.4, -0.2) is 44.2 Å². The Morgan fingerprint density at radius 1 is 1.22 bits per heavy atom. The van der Waals surface area contributed by atoms with E-state index in [4.69, 9.17) is 4.74 Å². The minimum absolute atomic E-state index is 0.125. The maximum Gasteiger partial charge on any atom is 0.293 e. The molecule has 0 atom stereocenters. The van der Waals surface area contributed by atoms with Gasteiger partial charge in [-0.15, -0.1) is 0 Å². The fourth-order valence-corrected chi connectivity index (χ4v) is 3.08. The second-order valence-corrected chi connectivity index (χ2v) is 6.15. The SMILES string of the molecule is CNC(=O)c1ccc(NCc2ccccc2N2CCOCC2)c([N+](=O)[O-])c1. The quantitative estimate of drug-likeness (QED) is 0.599. The lowest BCUT2D eigenvalue weighted by Crippen LogP contribution is -2.36. The Labute approximate surface area is 157 Å². The van der Waals surface area contributed by atoms with Gasteiger partial charge in [-0.2, -0.15) is 0 Å². The van der Waals surface area contributed by atoms with Crippen molar-refractivity contribution in [2.45, 2.75) is 6.54 Å². The Bertz CT molecular complexity index is 834. The van der Waals surface area contributed by atoms with Gasteiger partial charge in [-0.3, -0.25) is 14.9 Å². The van der Waals surface area contributed by atoms with E-state index < -0.39 is 4.92 Å². The van der Waals surface area contributed by atoms with Crippen molar-refractivity contribution in [3.8, 4) is 0 Å². The molecule has 1 heterocycles. The third kappa shape index (κ3) is 4.35. The number of anilines is 2. The van der Waals surface area contributed by atoms with Crippen LogP contribution in [0.2, 0.25) is 0 Å². The first-order chi connectivity index (χ1) is 13.1. The minimum Gasteiger partial charge on any atom is -0.378 e. The number of carbonyl (C=O) groups is 1. The first-order valence-corrected chi connectivity index (χ1v) is 8.75. The molecule has 142 valence electrons. The van der Waals surface area contributed by atoms with Crippen molar-refractivity contribution >= 4 is 23.0 Å². The molecule has 0 aliphatic carbocycles. The van der Waals surface area contributed by atoms with Crippen LogP contribution in [0.15, 0.2) is 42.5 Å². The van der Waals surface area contributed by atoms with Gasteiger partial charge in [0.15, 0.2) is 0 Å². The molecule has 1 aliphatic rings. The van der Waals surface area contributed by atoms with E-state index in [1.54, 1.807) is 12.1 Å². The molecule has 2 aromatic carbocycles. The van der Waals surface area contributed by atoms with Gasteiger partial charge in [0, 0.05) is 44.0 Å². The number of nitrogens with zero attached hydrogens (tertiary/aromatic N) is 2. The Hall–Kier alpha value is -3.13. The number of hydrogen-bond acceptors (Lipinski definition) is 6. The lowest BCUT2D eigenvalue weighted by molar-refractivity contribution is -0.384. The highest BCUT2D eigenvalue weighted by molar-refractivity contribution is 5.95. The van der Waals surface area contributed by atoms with Gasteiger partial charge < -0.3 is 20.3 Å². The fraction of sp³-hybridized carbons (Fsp3) is 0.316. The molecule has 0 saturated carbocycles. The molecule has 0 bridgehead atoms. The number of nitro benzene ring substituents is 1. The van der Waals surface area contributed by atoms with E-state index in [2.05, 4.69) is 15.5 Å². The molecular weight excluding hydrogens is 348 g/mol. The van der Waals surface area contributed by atoms with Crippen molar-refractivity contribution < 1.29 is 14.5 Å². The number of nitrogens with one attached hydrogen (secondary N) is 2. The van der Waals surface area contributed by atoms with Gasteiger partial charge >= 0.3 is 0 Å². The van der Waals surface area contributed by atoms with E-state index in [0.29, 0.717) is 25.4 Å². The number of hydrogen-bond donors (Lipinski definition) is 2. The number of benzene rings is 2. The van der Waals surface area contributed by atoms with Crippen LogP contribution in [-0.2, 0) is 11.3 Å². The highest BCUT2D eigenvalue weighted by Gasteiger charge is 2.18. The molecule has 1 fully saturated rings. The second-order valence-electron chi connectivity index (χ2n) is 6.15. The Morgan fingerprint density at radius 2 is 1.96 bits per heavy atom. The molecule has 0 radical (unpaired) electrons. The van der Waals surface area contributed by atoms with Gasteiger partial charge in [0.2, 0.25) is 0 Å². The molecule has 2 N–H and O–H groups in total. The number of morpholine rings is 1. The van der Waals surface area contributed by atoms with Crippen LogP contribution in [0.3, 0.4) is 0 Å². The van der Waals surface area contributed by atoms with Crippen LogP contribution >= 0.6 is 0 Å². The number of ether oxygens (including phenoxy) is 1. The van der Waals surface area contributed by atoms with Crippen LogP contribution in [0.25, 0.3) is 0 Å². The lowest BCUT2D eigenvalue weighted by Gasteiger charge is -2.30.